The third-order valence-electron chi connectivity index (χ3n) is 3.94. The van der Waals surface area contributed by atoms with Crippen LogP contribution in [0.1, 0.15) is 65.7 Å². The molecule has 0 atom stereocenters. The van der Waals surface area contributed by atoms with Gasteiger partial charge in [-0.1, -0.05) is 19.8 Å². The lowest BCUT2D eigenvalue weighted by molar-refractivity contribution is -0.147. The lowest BCUT2D eigenvalue weighted by atomic mass is 9.87. The van der Waals surface area contributed by atoms with Crippen molar-refractivity contribution in [2.75, 3.05) is 13.1 Å². The van der Waals surface area contributed by atoms with Crippen LogP contribution in [0.2, 0.25) is 0 Å². The van der Waals surface area contributed by atoms with Crippen LogP contribution >= 0.6 is 0 Å². The highest BCUT2D eigenvalue weighted by Crippen LogP contribution is 2.28. The Kier molecular flexibility index (Phi) is 6.13. The SMILES string of the molecule is CCCCN(CCCCC(C)(C)C(=O)O)C1CC1. The van der Waals surface area contributed by atoms with Crippen LogP contribution in [-0.2, 0) is 4.79 Å². The number of nitrogens with zero attached hydrogens (tertiary/aromatic N) is 1. The number of carbonyl (C=O) groups is 1. The van der Waals surface area contributed by atoms with Gasteiger partial charge in [0.15, 0.2) is 0 Å². The number of carboxylic acid groups (broad SMARTS) is 1. The van der Waals surface area contributed by atoms with E-state index in [9.17, 15) is 4.79 Å². The molecule has 0 heterocycles. The molecule has 1 rings (SSSR count). The standard InChI is InChI=1S/C15H29NO2/c1-4-5-11-16(13-8-9-13)12-7-6-10-15(2,3)14(17)18/h13H,4-12H2,1-3H3,(H,17,18). The Balaban J connectivity index is 2.16. The summed E-state index contributed by atoms with van der Waals surface area (Å²) in [5.74, 6) is -0.674. The highest BCUT2D eigenvalue weighted by atomic mass is 16.4. The van der Waals surface area contributed by atoms with Crippen molar-refractivity contribution in [2.24, 2.45) is 5.41 Å². The molecule has 1 aliphatic carbocycles. The van der Waals surface area contributed by atoms with E-state index in [0.717, 1.165) is 31.8 Å². The second kappa shape index (κ2) is 7.13. The fourth-order valence-corrected chi connectivity index (χ4v) is 2.27. The molecular formula is C15H29NO2. The van der Waals surface area contributed by atoms with Gasteiger partial charge in [-0.2, -0.15) is 0 Å². The predicted octanol–water partition coefficient (Wildman–Crippen LogP) is 3.53. The minimum atomic E-state index is -0.674. The fraction of sp³-hybridized carbons (Fsp3) is 0.933. The van der Waals surface area contributed by atoms with Crippen LogP contribution in [0.25, 0.3) is 0 Å². The smallest absolute Gasteiger partial charge is 0.309 e. The first-order valence-corrected chi connectivity index (χ1v) is 7.45. The summed E-state index contributed by atoms with van der Waals surface area (Å²) in [5.41, 5.74) is -0.562. The van der Waals surface area contributed by atoms with E-state index in [1.807, 2.05) is 13.8 Å². The average molecular weight is 255 g/mol. The summed E-state index contributed by atoms with van der Waals surface area (Å²) in [7, 11) is 0. The maximum Gasteiger partial charge on any atom is 0.309 e. The molecule has 106 valence electrons. The second-order valence-electron chi connectivity index (χ2n) is 6.27. The van der Waals surface area contributed by atoms with E-state index >= 15 is 0 Å². The van der Waals surface area contributed by atoms with Crippen molar-refractivity contribution in [1.82, 2.24) is 4.90 Å². The Morgan fingerprint density at radius 1 is 1.22 bits per heavy atom. The number of unbranched alkanes of at least 4 members (excludes halogenated alkanes) is 2. The summed E-state index contributed by atoms with van der Waals surface area (Å²) in [4.78, 5) is 13.6. The van der Waals surface area contributed by atoms with E-state index in [-0.39, 0.29) is 0 Å². The number of hydrogen-bond acceptors (Lipinski definition) is 2. The Morgan fingerprint density at radius 3 is 2.33 bits per heavy atom. The van der Waals surface area contributed by atoms with Crippen molar-refractivity contribution in [3.05, 3.63) is 0 Å². The lowest BCUT2D eigenvalue weighted by Gasteiger charge is -2.23. The molecule has 0 aromatic rings. The summed E-state index contributed by atoms with van der Waals surface area (Å²) in [6.07, 6.45) is 8.22. The minimum Gasteiger partial charge on any atom is -0.481 e. The number of hydrogen-bond donors (Lipinski definition) is 1. The summed E-state index contributed by atoms with van der Waals surface area (Å²) < 4.78 is 0. The monoisotopic (exact) mass is 255 g/mol. The van der Waals surface area contributed by atoms with Gasteiger partial charge in [-0.3, -0.25) is 4.79 Å². The molecule has 3 heteroatoms. The zero-order valence-electron chi connectivity index (χ0n) is 12.2. The molecular weight excluding hydrogens is 226 g/mol. The Morgan fingerprint density at radius 2 is 1.83 bits per heavy atom. The number of carboxylic acids is 1. The number of aliphatic carboxylic acids is 1. The average Bonchev–Trinajstić information content (AvgIpc) is 3.12. The molecule has 1 N–H and O–H groups in total. The molecule has 1 saturated carbocycles. The van der Waals surface area contributed by atoms with Gasteiger partial charge in [-0.15, -0.1) is 0 Å². The van der Waals surface area contributed by atoms with Gasteiger partial charge in [0.2, 0.25) is 0 Å². The van der Waals surface area contributed by atoms with Crippen LogP contribution in [0.4, 0.5) is 0 Å². The van der Waals surface area contributed by atoms with E-state index in [1.54, 1.807) is 0 Å². The van der Waals surface area contributed by atoms with Gasteiger partial charge in [0.25, 0.3) is 0 Å². The van der Waals surface area contributed by atoms with Gasteiger partial charge in [0.1, 0.15) is 0 Å². The van der Waals surface area contributed by atoms with Crippen LogP contribution in [0.15, 0.2) is 0 Å². The summed E-state index contributed by atoms with van der Waals surface area (Å²) in [5, 5.41) is 9.05. The highest BCUT2D eigenvalue weighted by molar-refractivity contribution is 5.73. The maximum absolute atomic E-state index is 11.0. The van der Waals surface area contributed by atoms with E-state index in [0.29, 0.717) is 0 Å². The molecule has 0 bridgehead atoms. The van der Waals surface area contributed by atoms with Crippen LogP contribution in [0.3, 0.4) is 0 Å². The molecule has 0 radical (unpaired) electrons. The number of rotatable bonds is 10. The zero-order valence-corrected chi connectivity index (χ0v) is 12.2. The van der Waals surface area contributed by atoms with E-state index in [1.165, 1.54) is 32.2 Å². The fourth-order valence-electron chi connectivity index (χ4n) is 2.27. The van der Waals surface area contributed by atoms with Gasteiger partial charge in [0.05, 0.1) is 5.41 Å². The van der Waals surface area contributed by atoms with Crippen LogP contribution in [-0.4, -0.2) is 35.1 Å². The van der Waals surface area contributed by atoms with E-state index in [4.69, 9.17) is 5.11 Å². The van der Waals surface area contributed by atoms with Crippen molar-refractivity contribution < 1.29 is 9.90 Å². The van der Waals surface area contributed by atoms with Gasteiger partial charge in [-0.25, -0.2) is 0 Å². The van der Waals surface area contributed by atoms with E-state index < -0.39 is 11.4 Å². The summed E-state index contributed by atoms with van der Waals surface area (Å²) >= 11 is 0. The molecule has 0 spiro atoms. The molecule has 1 fully saturated rings. The molecule has 0 aliphatic heterocycles. The van der Waals surface area contributed by atoms with Crippen LogP contribution in [0.5, 0.6) is 0 Å². The largest absolute Gasteiger partial charge is 0.481 e. The summed E-state index contributed by atoms with van der Waals surface area (Å²) in [6, 6.07) is 0.837. The Hall–Kier alpha value is -0.570. The van der Waals surface area contributed by atoms with Crippen molar-refractivity contribution >= 4 is 5.97 Å². The first-order valence-electron chi connectivity index (χ1n) is 7.45. The molecule has 0 unspecified atom stereocenters. The topological polar surface area (TPSA) is 40.5 Å². The van der Waals surface area contributed by atoms with Gasteiger partial charge < -0.3 is 10.0 Å². The second-order valence-corrected chi connectivity index (χ2v) is 6.27. The molecule has 0 amide bonds. The highest BCUT2D eigenvalue weighted by Gasteiger charge is 2.29. The zero-order chi connectivity index (χ0) is 13.6. The first kappa shape index (κ1) is 15.5. The van der Waals surface area contributed by atoms with Crippen LogP contribution in [0, 0.1) is 5.41 Å². The molecule has 0 aromatic heterocycles. The minimum absolute atomic E-state index is 0.562. The van der Waals surface area contributed by atoms with Crippen molar-refractivity contribution in [3.63, 3.8) is 0 Å². The molecule has 0 saturated heterocycles. The van der Waals surface area contributed by atoms with Crippen molar-refractivity contribution in [1.29, 1.82) is 0 Å². The first-order chi connectivity index (χ1) is 8.47. The maximum atomic E-state index is 11.0. The Bertz CT molecular complexity index is 259. The van der Waals surface area contributed by atoms with Gasteiger partial charge in [-0.05, 0) is 59.0 Å². The van der Waals surface area contributed by atoms with Crippen molar-refractivity contribution in [3.8, 4) is 0 Å². The van der Waals surface area contributed by atoms with Gasteiger partial charge in [0, 0.05) is 6.04 Å². The lowest BCUT2D eigenvalue weighted by Crippen LogP contribution is -2.29. The Labute approximate surface area is 112 Å². The quantitative estimate of drug-likeness (QED) is 0.607. The molecule has 1 aliphatic rings. The normalized spacial score (nSPS) is 16.2. The predicted molar refractivity (Wildman–Crippen MR) is 74.8 cm³/mol. The molecule has 18 heavy (non-hydrogen) atoms. The van der Waals surface area contributed by atoms with E-state index in [2.05, 4.69) is 11.8 Å². The summed E-state index contributed by atoms with van der Waals surface area (Å²) in [6.45, 7) is 8.26. The van der Waals surface area contributed by atoms with Gasteiger partial charge >= 0.3 is 5.97 Å². The molecule has 3 nitrogen and oxygen atoms in total. The molecule has 0 aromatic carbocycles. The third kappa shape index (κ3) is 5.38. The van der Waals surface area contributed by atoms with Crippen molar-refractivity contribution in [2.45, 2.75) is 71.8 Å². The third-order valence-corrected chi connectivity index (χ3v) is 3.94. The van der Waals surface area contributed by atoms with Crippen LogP contribution < -0.4 is 0 Å².